The van der Waals surface area contributed by atoms with Gasteiger partial charge in [0, 0.05) is 4.79 Å². The SMILES string of the molecule is F[B-](F)(F)F.Fc1nc(F)[n+](F)c(F)n1. The molecule has 86 valence electrons. The minimum absolute atomic E-state index is 1.11. The fourth-order valence-corrected chi connectivity index (χ4v) is 0.341. The number of hydrogen-bond donors (Lipinski definition) is 0. The van der Waals surface area contributed by atoms with E-state index in [0.717, 1.165) is 0 Å². The van der Waals surface area contributed by atoms with Crippen LogP contribution in [-0.4, -0.2) is 17.2 Å². The van der Waals surface area contributed by atoms with Crippen LogP contribution in [0.15, 0.2) is 0 Å². The van der Waals surface area contributed by atoms with E-state index in [1.165, 1.54) is 0 Å². The first-order valence-corrected chi connectivity index (χ1v) is 2.95. The number of nitrogens with zero attached hydrogens (tertiary/aromatic N) is 3. The third-order valence-electron chi connectivity index (χ3n) is 0.693. The van der Waals surface area contributed by atoms with Gasteiger partial charge in [-0.2, -0.15) is 0 Å². The second-order valence-electron chi connectivity index (χ2n) is 1.81. The maximum Gasteiger partial charge on any atom is 0.673 e. The van der Waals surface area contributed by atoms with Gasteiger partial charge in [-0.3, -0.25) is 0 Å². The molecule has 1 heterocycles. The monoisotopic (exact) mass is 241 g/mol. The number of halogens is 8. The van der Waals surface area contributed by atoms with Crippen molar-refractivity contribution in [3.63, 3.8) is 0 Å². The average Bonchev–Trinajstić information content (AvgIpc) is 1.96. The van der Waals surface area contributed by atoms with Crippen LogP contribution in [0.1, 0.15) is 0 Å². The molecule has 1 aromatic heterocycles. The molecule has 0 atom stereocenters. The van der Waals surface area contributed by atoms with E-state index in [-0.39, 0.29) is 0 Å². The Morgan fingerprint density at radius 2 is 1.13 bits per heavy atom. The number of aromatic nitrogens is 3. The van der Waals surface area contributed by atoms with Gasteiger partial charge >= 0.3 is 25.5 Å². The molecule has 1 aromatic rings. The van der Waals surface area contributed by atoms with Gasteiger partial charge in [-0.25, -0.2) is 0 Å². The van der Waals surface area contributed by atoms with Gasteiger partial charge in [0.15, 0.2) is 0 Å². The van der Waals surface area contributed by atoms with Crippen LogP contribution < -0.4 is 4.79 Å². The average molecular weight is 241 g/mol. The molecule has 0 fully saturated rings. The first kappa shape index (κ1) is 13.5. The molecule has 0 radical (unpaired) electrons. The van der Waals surface area contributed by atoms with E-state index in [0.29, 0.717) is 0 Å². The lowest BCUT2D eigenvalue weighted by Crippen LogP contribution is -2.36. The zero-order chi connectivity index (χ0) is 12.2. The van der Waals surface area contributed by atoms with E-state index in [2.05, 4.69) is 9.97 Å². The lowest BCUT2D eigenvalue weighted by molar-refractivity contribution is -0.891. The molecule has 0 aliphatic carbocycles. The zero-order valence-corrected chi connectivity index (χ0v) is 6.44. The number of rotatable bonds is 0. The third kappa shape index (κ3) is 6.57. The van der Waals surface area contributed by atoms with Crippen LogP contribution in [0.5, 0.6) is 0 Å². The Balaban J connectivity index is 0.000000336. The number of hydrogen-bond acceptors (Lipinski definition) is 2. The van der Waals surface area contributed by atoms with Crippen molar-refractivity contribution in [1.82, 2.24) is 9.97 Å². The fraction of sp³-hybridized carbons (Fsp3) is 0. The van der Waals surface area contributed by atoms with Crippen LogP contribution in [0, 0.1) is 18.2 Å². The van der Waals surface area contributed by atoms with Crippen LogP contribution in [0.4, 0.5) is 34.9 Å². The van der Waals surface area contributed by atoms with Crippen molar-refractivity contribution in [2.45, 2.75) is 0 Å². The standard InChI is InChI=1S/C3F4N3.BF4/c4-1-8-2(5)10(7)3(6)9-1;2-1(3,4)5/q+1;-1. The van der Waals surface area contributed by atoms with E-state index in [4.69, 9.17) is 0 Å². The highest BCUT2D eigenvalue weighted by Gasteiger charge is 2.22. The van der Waals surface area contributed by atoms with Crippen molar-refractivity contribution in [2.75, 3.05) is 0 Å². The van der Waals surface area contributed by atoms with Gasteiger partial charge in [0.2, 0.25) is 0 Å². The van der Waals surface area contributed by atoms with E-state index in [1.807, 2.05) is 0 Å². The van der Waals surface area contributed by atoms with Crippen molar-refractivity contribution in [3.05, 3.63) is 18.2 Å². The molecular formula is C3BF8N3. The van der Waals surface area contributed by atoms with Gasteiger partial charge < -0.3 is 17.3 Å². The Hall–Kier alpha value is -1.49. The summed E-state index contributed by atoms with van der Waals surface area (Å²) in [7, 11) is -6.00. The maximum absolute atomic E-state index is 11.8. The highest BCUT2D eigenvalue weighted by Crippen LogP contribution is 2.06. The summed E-state index contributed by atoms with van der Waals surface area (Å²) in [6.07, 6.45) is -5.47. The molecule has 0 amide bonds. The molecule has 0 spiro atoms. The van der Waals surface area contributed by atoms with Gasteiger partial charge in [0.05, 0.1) is 0 Å². The van der Waals surface area contributed by atoms with Gasteiger partial charge in [0.25, 0.3) is 0 Å². The summed E-state index contributed by atoms with van der Waals surface area (Å²) >= 11 is 0. The van der Waals surface area contributed by atoms with Crippen molar-refractivity contribution < 1.29 is 39.7 Å². The quantitative estimate of drug-likeness (QED) is 0.504. The largest absolute Gasteiger partial charge is 0.673 e. The summed E-state index contributed by atoms with van der Waals surface area (Å²) in [5.41, 5.74) is 0. The second kappa shape index (κ2) is 4.84. The Bertz CT molecular complexity index is 309. The van der Waals surface area contributed by atoms with E-state index < -0.39 is 30.3 Å². The molecule has 0 saturated carbocycles. The summed E-state index contributed by atoms with van der Waals surface area (Å²) in [5.74, 6) is 0. The first-order valence-electron chi connectivity index (χ1n) is 2.95. The normalized spacial score (nSPS) is 10.7. The molecule has 0 N–H and O–H groups in total. The molecule has 0 unspecified atom stereocenters. The smallest absolute Gasteiger partial charge is 0.418 e. The molecule has 12 heteroatoms. The first-order chi connectivity index (χ1) is 6.61. The molecule has 15 heavy (non-hydrogen) atoms. The summed E-state index contributed by atoms with van der Waals surface area (Å²) in [6, 6.07) is 0. The highest BCUT2D eigenvalue weighted by molar-refractivity contribution is 6.50. The topological polar surface area (TPSA) is 29.7 Å². The molecule has 0 saturated heterocycles. The van der Waals surface area contributed by atoms with Gasteiger partial charge in [-0.15, -0.1) is 13.2 Å². The van der Waals surface area contributed by atoms with Crippen molar-refractivity contribution in [2.24, 2.45) is 0 Å². The van der Waals surface area contributed by atoms with E-state index in [1.54, 1.807) is 0 Å². The molecule has 0 aromatic carbocycles. The van der Waals surface area contributed by atoms with E-state index >= 15 is 0 Å². The Labute approximate surface area is 76.4 Å². The second-order valence-corrected chi connectivity index (χ2v) is 1.81. The van der Waals surface area contributed by atoms with Gasteiger partial charge in [-0.05, 0) is 14.4 Å². The van der Waals surface area contributed by atoms with Gasteiger partial charge in [-0.1, -0.05) is 0 Å². The molecule has 3 nitrogen and oxygen atoms in total. The summed E-state index contributed by atoms with van der Waals surface area (Å²) in [4.78, 5) is 3.37. The van der Waals surface area contributed by atoms with Crippen LogP contribution in [-0.2, 0) is 0 Å². The summed E-state index contributed by atoms with van der Waals surface area (Å²) in [5, 5.41) is 0. The molecule has 0 aliphatic heterocycles. The van der Waals surface area contributed by atoms with Crippen molar-refractivity contribution >= 4 is 7.25 Å². The Kier molecular flexibility index (Phi) is 4.36. The van der Waals surface area contributed by atoms with E-state index in [9.17, 15) is 34.9 Å². The molecule has 0 aliphatic rings. The molecule has 0 bridgehead atoms. The predicted octanol–water partition coefficient (Wildman–Crippen LogP) is 1.21. The Morgan fingerprint density at radius 1 is 0.867 bits per heavy atom. The maximum atomic E-state index is 11.8. The predicted molar refractivity (Wildman–Crippen MR) is 28.8 cm³/mol. The molecule has 1 rings (SSSR count). The minimum Gasteiger partial charge on any atom is -0.418 e. The lowest BCUT2D eigenvalue weighted by atomic mass is 10.3. The highest BCUT2D eigenvalue weighted by atomic mass is 19.5. The van der Waals surface area contributed by atoms with Crippen LogP contribution in [0.25, 0.3) is 0 Å². The lowest BCUT2D eigenvalue weighted by Gasteiger charge is -1.94. The summed E-state index contributed by atoms with van der Waals surface area (Å²) < 4.78 is 86.1. The van der Waals surface area contributed by atoms with Crippen LogP contribution in [0.3, 0.4) is 0 Å². The zero-order valence-electron chi connectivity index (χ0n) is 6.44. The Morgan fingerprint density at radius 3 is 1.40 bits per heavy atom. The van der Waals surface area contributed by atoms with Crippen LogP contribution >= 0.6 is 0 Å². The minimum atomic E-state index is -6.00. The van der Waals surface area contributed by atoms with Crippen molar-refractivity contribution in [3.8, 4) is 0 Å². The summed E-state index contributed by atoms with van der Waals surface area (Å²) in [6.45, 7) is 0. The van der Waals surface area contributed by atoms with Gasteiger partial charge in [0.1, 0.15) is 0 Å². The van der Waals surface area contributed by atoms with Crippen molar-refractivity contribution in [1.29, 1.82) is 0 Å². The fourth-order valence-electron chi connectivity index (χ4n) is 0.341. The molecular weight excluding hydrogens is 241 g/mol. The third-order valence-corrected chi connectivity index (χ3v) is 0.693. The van der Waals surface area contributed by atoms with Crippen LogP contribution in [0.2, 0.25) is 0 Å².